The summed E-state index contributed by atoms with van der Waals surface area (Å²) in [4.78, 5) is 2.82. The summed E-state index contributed by atoms with van der Waals surface area (Å²) in [5.74, 6) is -1.22. The van der Waals surface area contributed by atoms with Gasteiger partial charge < -0.3 is 14.3 Å². The molecular formula is C13H14F2N2OS. The van der Waals surface area contributed by atoms with Crippen molar-refractivity contribution in [3.8, 4) is 0 Å². The molecular weight excluding hydrogens is 270 g/mol. The summed E-state index contributed by atoms with van der Waals surface area (Å²) in [5.41, 5.74) is 0.726. The number of ether oxygens (including phenoxy) is 1. The summed E-state index contributed by atoms with van der Waals surface area (Å²) in [7, 11) is 1.66. The maximum atomic E-state index is 13.7. The van der Waals surface area contributed by atoms with Crippen LogP contribution in [-0.4, -0.2) is 22.8 Å². The second kappa shape index (κ2) is 4.68. The van der Waals surface area contributed by atoms with Crippen LogP contribution in [0.3, 0.4) is 0 Å². The van der Waals surface area contributed by atoms with Gasteiger partial charge in [0.15, 0.2) is 10.6 Å². The van der Waals surface area contributed by atoms with Gasteiger partial charge in [0.2, 0.25) is 0 Å². The van der Waals surface area contributed by atoms with E-state index in [1.54, 1.807) is 11.7 Å². The maximum Gasteiger partial charge on any atom is 0.178 e. The van der Waals surface area contributed by atoms with E-state index in [9.17, 15) is 8.78 Å². The summed E-state index contributed by atoms with van der Waals surface area (Å²) in [6, 6.07) is 2.21. The van der Waals surface area contributed by atoms with Crippen LogP contribution in [0.4, 0.5) is 8.78 Å². The van der Waals surface area contributed by atoms with E-state index < -0.39 is 11.6 Å². The highest BCUT2D eigenvalue weighted by Gasteiger charge is 2.30. The van der Waals surface area contributed by atoms with Crippen LogP contribution in [0.2, 0.25) is 0 Å². The van der Waals surface area contributed by atoms with Gasteiger partial charge in [-0.05, 0) is 37.5 Å². The molecule has 0 saturated heterocycles. The standard InChI is InChI=1S/C13H14F2N2OS/c1-18-11-4-2-3-9(11)17-10-6-7(14)5-8(15)12(10)16-13(17)19/h5-6,9,11H,2-4H2,1H3,(H,16,19). The van der Waals surface area contributed by atoms with Crippen molar-refractivity contribution in [2.24, 2.45) is 0 Å². The molecule has 1 saturated carbocycles. The van der Waals surface area contributed by atoms with Crippen LogP contribution in [0, 0.1) is 16.4 Å². The number of hydrogen-bond acceptors (Lipinski definition) is 2. The topological polar surface area (TPSA) is 29.9 Å². The number of hydrogen-bond donors (Lipinski definition) is 1. The largest absolute Gasteiger partial charge is 0.379 e. The first kappa shape index (κ1) is 12.7. The molecule has 19 heavy (non-hydrogen) atoms. The third-order valence-corrected chi connectivity index (χ3v) is 4.10. The molecule has 6 heteroatoms. The van der Waals surface area contributed by atoms with Crippen molar-refractivity contribution in [3.63, 3.8) is 0 Å². The summed E-state index contributed by atoms with van der Waals surface area (Å²) < 4.78 is 34.8. The van der Waals surface area contributed by atoms with Gasteiger partial charge in [0, 0.05) is 13.2 Å². The molecule has 1 aromatic carbocycles. The van der Waals surface area contributed by atoms with Crippen LogP contribution in [0.25, 0.3) is 11.0 Å². The summed E-state index contributed by atoms with van der Waals surface area (Å²) in [6.45, 7) is 0. The average molecular weight is 284 g/mol. The number of aromatic nitrogens is 2. The zero-order valence-electron chi connectivity index (χ0n) is 10.5. The molecule has 0 radical (unpaired) electrons. The Kier molecular flexibility index (Phi) is 3.14. The summed E-state index contributed by atoms with van der Waals surface area (Å²) in [6.07, 6.45) is 2.90. The molecule has 102 valence electrons. The normalized spacial score (nSPS) is 23.3. The minimum atomic E-state index is -0.619. The second-order valence-electron chi connectivity index (χ2n) is 4.85. The lowest BCUT2D eigenvalue weighted by molar-refractivity contribution is 0.0757. The lowest BCUT2D eigenvalue weighted by Crippen LogP contribution is -2.20. The third kappa shape index (κ3) is 1.99. The number of nitrogens with one attached hydrogen (secondary N) is 1. The van der Waals surface area contributed by atoms with Crippen LogP contribution < -0.4 is 0 Å². The molecule has 3 rings (SSSR count). The van der Waals surface area contributed by atoms with E-state index in [-0.39, 0.29) is 17.7 Å². The molecule has 1 aliphatic carbocycles. The van der Waals surface area contributed by atoms with E-state index in [4.69, 9.17) is 17.0 Å². The van der Waals surface area contributed by atoms with Crippen molar-refractivity contribution < 1.29 is 13.5 Å². The molecule has 1 aliphatic rings. The smallest absolute Gasteiger partial charge is 0.178 e. The van der Waals surface area contributed by atoms with Crippen molar-refractivity contribution in [2.45, 2.75) is 31.4 Å². The number of halogens is 2. The zero-order valence-corrected chi connectivity index (χ0v) is 11.3. The fraction of sp³-hybridized carbons (Fsp3) is 0.462. The van der Waals surface area contributed by atoms with Crippen LogP contribution >= 0.6 is 12.2 Å². The highest BCUT2D eigenvalue weighted by molar-refractivity contribution is 7.71. The molecule has 3 nitrogen and oxygen atoms in total. The zero-order chi connectivity index (χ0) is 13.6. The SMILES string of the molecule is COC1CCCC1n1c(=S)[nH]c2c(F)cc(F)cc21. The Balaban J connectivity index is 2.23. The minimum Gasteiger partial charge on any atom is -0.379 e. The van der Waals surface area contributed by atoms with Crippen molar-refractivity contribution in [2.75, 3.05) is 7.11 Å². The van der Waals surface area contributed by atoms with E-state index in [0.717, 1.165) is 25.3 Å². The summed E-state index contributed by atoms with van der Waals surface area (Å²) >= 11 is 5.26. The number of imidazole rings is 1. The number of aromatic amines is 1. The molecule has 0 aliphatic heterocycles. The van der Waals surface area contributed by atoms with E-state index in [1.165, 1.54) is 6.07 Å². The molecule has 1 aromatic heterocycles. The number of methoxy groups -OCH3 is 1. The Morgan fingerprint density at radius 3 is 2.89 bits per heavy atom. The molecule has 2 unspecified atom stereocenters. The molecule has 0 bridgehead atoms. The number of benzene rings is 1. The number of nitrogens with zero attached hydrogens (tertiary/aromatic N) is 1. The number of rotatable bonds is 2. The lowest BCUT2D eigenvalue weighted by atomic mass is 10.2. The van der Waals surface area contributed by atoms with Gasteiger partial charge in [0.25, 0.3) is 0 Å². The van der Waals surface area contributed by atoms with Crippen molar-refractivity contribution >= 4 is 23.3 Å². The first-order valence-corrected chi connectivity index (χ1v) is 6.64. The maximum absolute atomic E-state index is 13.7. The summed E-state index contributed by atoms with van der Waals surface area (Å²) in [5, 5.41) is 0. The molecule has 0 spiro atoms. The predicted octanol–water partition coefficient (Wildman–Crippen LogP) is 3.72. The molecule has 0 amide bonds. The molecule has 1 fully saturated rings. The Morgan fingerprint density at radius 1 is 1.37 bits per heavy atom. The van der Waals surface area contributed by atoms with E-state index in [1.807, 2.05) is 0 Å². The van der Waals surface area contributed by atoms with Crippen molar-refractivity contribution in [1.29, 1.82) is 0 Å². The average Bonchev–Trinajstić information content (AvgIpc) is 2.92. The van der Waals surface area contributed by atoms with Gasteiger partial charge in [-0.25, -0.2) is 8.78 Å². The molecule has 1 heterocycles. The van der Waals surface area contributed by atoms with Gasteiger partial charge in [-0.15, -0.1) is 0 Å². The van der Waals surface area contributed by atoms with Gasteiger partial charge in [-0.2, -0.15) is 0 Å². The van der Waals surface area contributed by atoms with Crippen LogP contribution in [0.15, 0.2) is 12.1 Å². The van der Waals surface area contributed by atoms with Crippen LogP contribution in [0.1, 0.15) is 25.3 Å². The van der Waals surface area contributed by atoms with Gasteiger partial charge in [-0.1, -0.05) is 0 Å². The molecule has 2 atom stereocenters. The number of fused-ring (bicyclic) bond motifs is 1. The van der Waals surface area contributed by atoms with Gasteiger partial charge in [0.1, 0.15) is 11.3 Å². The van der Waals surface area contributed by atoms with Crippen LogP contribution in [0.5, 0.6) is 0 Å². The first-order chi connectivity index (χ1) is 9.11. The van der Waals surface area contributed by atoms with E-state index >= 15 is 0 Å². The van der Waals surface area contributed by atoms with Gasteiger partial charge >= 0.3 is 0 Å². The lowest BCUT2D eigenvalue weighted by Gasteiger charge is -2.20. The fourth-order valence-corrected chi connectivity index (χ4v) is 3.29. The van der Waals surface area contributed by atoms with Crippen LogP contribution in [-0.2, 0) is 4.74 Å². The monoisotopic (exact) mass is 284 g/mol. The predicted molar refractivity (Wildman–Crippen MR) is 70.7 cm³/mol. The fourth-order valence-electron chi connectivity index (χ4n) is 2.96. The molecule has 2 aromatic rings. The third-order valence-electron chi connectivity index (χ3n) is 3.80. The Bertz CT molecular complexity index is 679. The highest BCUT2D eigenvalue weighted by Crippen LogP contribution is 2.35. The Labute approximate surface area is 114 Å². The second-order valence-corrected chi connectivity index (χ2v) is 5.24. The van der Waals surface area contributed by atoms with Crippen molar-refractivity contribution in [3.05, 3.63) is 28.5 Å². The first-order valence-electron chi connectivity index (χ1n) is 6.24. The Hall–Kier alpha value is -1.27. The van der Waals surface area contributed by atoms with Gasteiger partial charge in [-0.3, -0.25) is 0 Å². The van der Waals surface area contributed by atoms with Gasteiger partial charge in [0.05, 0.1) is 17.7 Å². The number of H-pyrrole nitrogens is 1. The highest BCUT2D eigenvalue weighted by atomic mass is 32.1. The van der Waals surface area contributed by atoms with E-state index in [0.29, 0.717) is 10.3 Å². The van der Waals surface area contributed by atoms with E-state index in [2.05, 4.69) is 4.98 Å². The van der Waals surface area contributed by atoms with Crippen molar-refractivity contribution in [1.82, 2.24) is 9.55 Å². The quantitative estimate of drug-likeness (QED) is 0.852. The Morgan fingerprint density at radius 2 is 2.16 bits per heavy atom. The minimum absolute atomic E-state index is 0.0347. The molecule has 1 N–H and O–H groups in total.